The molecule has 7 nitrogen and oxygen atoms in total. The molecule has 0 N–H and O–H groups in total. The Morgan fingerprint density at radius 1 is 0.706 bits per heavy atom. The second kappa shape index (κ2) is 11.4. The van der Waals surface area contributed by atoms with Crippen molar-refractivity contribution < 1.29 is 33.1 Å². The third-order valence-corrected chi connectivity index (χ3v) is 6.43. The van der Waals surface area contributed by atoms with E-state index in [9.17, 15) is 14.2 Å². The minimum absolute atomic E-state index is 0.0561. The molecule has 3 aromatic rings. The molecule has 0 saturated carbocycles. The van der Waals surface area contributed by atoms with Crippen molar-refractivity contribution in [2.75, 3.05) is 27.4 Å². The van der Waals surface area contributed by atoms with Crippen LogP contribution in [-0.4, -0.2) is 38.7 Å². The van der Waals surface area contributed by atoms with Crippen LogP contribution in [0.3, 0.4) is 0 Å². The molecule has 8 heteroatoms. The SMILES string of the molecule is CCOc1cccc(OCC)c1C(=O)c1ccccc1[P](=O)C(=O)c1c(OC)cccc1OC. The number of ketones is 1. The topological polar surface area (TPSA) is 88.1 Å². The van der Waals surface area contributed by atoms with Gasteiger partial charge in [0.1, 0.15) is 34.1 Å². The highest BCUT2D eigenvalue weighted by Crippen LogP contribution is 2.38. The number of hydrogen-bond acceptors (Lipinski definition) is 7. The van der Waals surface area contributed by atoms with Crippen molar-refractivity contribution in [1.82, 2.24) is 0 Å². The maximum Gasteiger partial charge on any atom is 0.254 e. The van der Waals surface area contributed by atoms with E-state index in [1.807, 2.05) is 13.8 Å². The van der Waals surface area contributed by atoms with E-state index in [4.69, 9.17) is 18.9 Å². The molecule has 34 heavy (non-hydrogen) atoms. The second-order valence-corrected chi connectivity index (χ2v) is 8.46. The predicted molar refractivity (Wildman–Crippen MR) is 130 cm³/mol. The van der Waals surface area contributed by atoms with Gasteiger partial charge in [-0.05, 0) is 50.2 Å². The first kappa shape index (κ1) is 24.9. The van der Waals surface area contributed by atoms with Crippen LogP contribution in [0.2, 0.25) is 0 Å². The Bertz CT molecular complexity index is 1170. The van der Waals surface area contributed by atoms with Crippen molar-refractivity contribution in [2.24, 2.45) is 0 Å². The van der Waals surface area contributed by atoms with Gasteiger partial charge >= 0.3 is 0 Å². The third-order valence-electron chi connectivity index (χ3n) is 5.01. The largest absolute Gasteiger partial charge is 0.496 e. The van der Waals surface area contributed by atoms with Crippen LogP contribution in [0.15, 0.2) is 60.7 Å². The minimum Gasteiger partial charge on any atom is -0.496 e. The fraction of sp³-hybridized carbons (Fsp3) is 0.231. The summed E-state index contributed by atoms with van der Waals surface area (Å²) in [5, 5.41) is 0.106. The van der Waals surface area contributed by atoms with Gasteiger partial charge in [0, 0.05) is 5.56 Å². The number of carbonyl (C=O) groups is 2. The molecule has 0 fully saturated rings. The second-order valence-electron chi connectivity index (χ2n) is 6.98. The average Bonchev–Trinajstić information content (AvgIpc) is 2.87. The molecule has 0 aromatic heterocycles. The molecule has 1 atom stereocenters. The zero-order valence-electron chi connectivity index (χ0n) is 19.5. The Morgan fingerprint density at radius 3 is 1.71 bits per heavy atom. The van der Waals surface area contributed by atoms with Crippen LogP contribution >= 0.6 is 7.80 Å². The molecule has 0 bridgehead atoms. The van der Waals surface area contributed by atoms with Gasteiger partial charge in [-0.2, -0.15) is 0 Å². The summed E-state index contributed by atoms with van der Waals surface area (Å²) in [4.78, 5) is 27.1. The van der Waals surface area contributed by atoms with Crippen molar-refractivity contribution in [3.8, 4) is 23.0 Å². The summed E-state index contributed by atoms with van der Waals surface area (Å²) in [5.41, 5.74) is -0.309. The van der Waals surface area contributed by atoms with Gasteiger partial charge in [0.05, 0.1) is 32.7 Å². The molecular weight excluding hydrogens is 455 g/mol. The van der Waals surface area contributed by atoms with E-state index in [1.165, 1.54) is 26.4 Å². The van der Waals surface area contributed by atoms with Gasteiger partial charge < -0.3 is 18.9 Å². The Labute approximate surface area is 199 Å². The summed E-state index contributed by atoms with van der Waals surface area (Å²) < 4.78 is 35.5. The Kier molecular flexibility index (Phi) is 8.39. The highest BCUT2D eigenvalue weighted by molar-refractivity contribution is 7.71. The summed E-state index contributed by atoms with van der Waals surface area (Å²) in [5.74, 6) is 0.710. The van der Waals surface area contributed by atoms with Gasteiger partial charge in [-0.15, -0.1) is 0 Å². The number of carbonyl (C=O) groups excluding carboxylic acids is 2. The van der Waals surface area contributed by atoms with Crippen LogP contribution in [0.4, 0.5) is 0 Å². The molecule has 1 radical (unpaired) electrons. The quantitative estimate of drug-likeness (QED) is 0.281. The number of rotatable bonds is 11. The lowest BCUT2D eigenvalue weighted by Gasteiger charge is -2.16. The molecule has 0 aliphatic heterocycles. The highest BCUT2D eigenvalue weighted by Gasteiger charge is 2.30. The van der Waals surface area contributed by atoms with Crippen molar-refractivity contribution in [3.63, 3.8) is 0 Å². The molecule has 0 aliphatic rings. The third kappa shape index (κ3) is 4.95. The molecule has 1 unspecified atom stereocenters. The van der Waals surface area contributed by atoms with Crippen LogP contribution < -0.4 is 24.3 Å². The van der Waals surface area contributed by atoms with E-state index in [-0.39, 0.29) is 33.5 Å². The molecule has 0 spiro atoms. The van der Waals surface area contributed by atoms with Crippen LogP contribution in [-0.2, 0) is 4.57 Å². The normalized spacial score (nSPS) is 10.9. The van der Waals surface area contributed by atoms with E-state index >= 15 is 0 Å². The monoisotopic (exact) mass is 481 g/mol. The van der Waals surface area contributed by atoms with E-state index in [2.05, 4.69) is 0 Å². The summed E-state index contributed by atoms with van der Waals surface area (Å²) >= 11 is 0. The maximum atomic E-state index is 13.7. The van der Waals surface area contributed by atoms with Gasteiger partial charge in [0.2, 0.25) is 5.78 Å². The molecular formula is C26H26O7P. The van der Waals surface area contributed by atoms with Crippen LogP contribution in [0, 0.1) is 0 Å². The zero-order chi connectivity index (χ0) is 24.7. The van der Waals surface area contributed by atoms with Gasteiger partial charge in [-0.1, -0.05) is 24.3 Å². The van der Waals surface area contributed by atoms with E-state index in [1.54, 1.807) is 48.5 Å². The molecule has 0 heterocycles. The van der Waals surface area contributed by atoms with Crippen molar-refractivity contribution in [1.29, 1.82) is 0 Å². The van der Waals surface area contributed by atoms with E-state index in [0.29, 0.717) is 24.7 Å². The average molecular weight is 481 g/mol. The fourth-order valence-corrected chi connectivity index (χ4v) is 4.80. The van der Waals surface area contributed by atoms with Gasteiger partial charge in [0.15, 0.2) is 7.80 Å². The lowest BCUT2D eigenvalue weighted by molar-refractivity contribution is 0.103. The molecule has 0 saturated heterocycles. The Hall–Kier alpha value is -3.70. The first-order chi connectivity index (χ1) is 16.5. The first-order valence-electron chi connectivity index (χ1n) is 10.7. The Morgan fingerprint density at radius 2 is 1.21 bits per heavy atom. The van der Waals surface area contributed by atoms with Crippen LogP contribution in [0.25, 0.3) is 0 Å². The lowest BCUT2D eigenvalue weighted by Crippen LogP contribution is -2.18. The van der Waals surface area contributed by atoms with Crippen molar-refractivity contribution >= 4 is 24.4 Å². The maximum absolute atomic E-state index is 13.7. The van der Waals surface area contributed by atoms with Gasteiger partial charge in [-0.25, -0.2) is 0 Å². The fourth-order valence-electron chi connectivity index (χ4n) is 3.54. The number of hydrogen-bond donors (Lipinski definition) is 0. The smallest absolute Gasteiger partial charge is 0.254 e. The van der Waals surface area contributed by atoms with E-state index in [0.717, 1.165) is 0 Å². The summed E-state index contributed by atoms with van der Waals surface area (Å²) in [6, 6.07) is 16.2. The summed E-state index contributed by atoms with van der Waals surface area (Å²) in [6.45, 7) is 4.31. The molecule has 0 amide bonds. The number of ether oxygens (including phenoxy) is 4. The highest BCUT2D eigenvalue weighted by atomic mass is 31.1. The molecule has 0 aliphatic carbocycles. The van der Waals surface area contributed by atoms with Gasteiger partial charge in [-0.3, -0.25) is 14.2 Å². The Balaban J connectivity index is 2.12. The number of methoxy groups -OCH3 is 2. The molecule has 3 aromatic carbocycles. The zero-order valence-corrected chi connectivity index (χ0v) is 20.4. The molecule has 177 valence electrons. The van der Waals surface area contributed by atoms with Crippen LogP contribution in [0.1, 0.15) is 40.1 Å². The first-order valence-corrected chi connectivity index (χ1v) is 12.0. The predicted octanol–water partition coefficient (Wildman–Crippen LogP) is 5.03. The standard InChI is InChI=1S/C26H26O7P/c1-5-32-20-14-10-15-21(33-6-2)23(20)25(27)17-11-7-8-16-22(17)34(29)26(28)24-18(30-3)12-9-13-19(24)31-4/h7-16H,5-6H2,1-4H3. The minimum atomic E-state index is -2.69. The van der Waals surface area contributed by atoms with Crippen LogP contribution in [0.5, 0.6) is 23.0 Å². The van der Waals surface area contributed by atoms with Gasteiger partial charge in [0.25, 0.3) is 5.52 Å². The summed E-state index contributed by atoms with van der Waals surface area (Å²) in [6.07, 6.45) is 0. The van der Waals surface area contributed by atoms with Crippen molar-refractivity contribution in [3.05, 3.63) is 77.4 Å². The van der Waals surface area contributed by atoms with Crippen molar-refractivity contribution in [2.45, 2.75) is 13.8 Å². The molecule has 3 rings (SSSR count). The lowest BCUT2D eigenvalue weighted by atomic mass is 10.0. The number of benzene rings is 3. The van der Waals surface area contributed by atoms with E-state index < -0.39 is 19.1 Å². The summed E-state index contributed by atoms with van der Waals surface area (Å²) in [7, 11) is 0.138.